The van der Waals surface area contributed by atoms with Gasteiger partial charge in [-0.15, -0.1) is 0 Å². The molecule has 0 spiro atoms. The number of aromatic nitrogens is 2. The Balaban J connectivity index is 2.39. The molecule has 1 aromatic carbocycles. The maximum Gasteiger partial charge on any atom is 0.455 e. The molecule has 7 heteroatoms. The molecule has 0 fully saturated rings. The molecule has 0 aliphatic heterocycles. The molecule has 19 heavy (non-hydrogen) atoms. The molecule has 4 nitrogen and oxygen atoms in total. The highest BCUT2D eigenvalue weighted by molar-refractivity contribution is 5.42. The maximum atomic E-state index is 12.4. The summed E-state index contributed by atoms with van der Waals surface area (Å²) < 4.78 is 42.1. The van der Waals surface area contributed by atoms with Crippen LogP contribution in [-0.2, 0) is 11.6 Å². The van der Waals surface area contributed by atoms with Crippen LogP contribution in [0.3, 0.4) is 0 Å². The smallest absolute Gasteiger partial charge is 0.399 e. The minimum absolute atomic E-state index is 0.0930. The number of rotatable bonds is 2. The Labute approximate surface area is 107 Å². The fourth-order valence-electron chi connectivity index (χ4n) is 1.62. The van der Waals surface area contributed by atoms with E-state index >= 15 is 0 Å². The Morgan fingerprint density at radius 1 is 1.11 bits per heavy atom. The molecule has 1 heterocycles. The third-order valence-corrected chi connectivity index (χ3v) is 2.85. The van der Waals surface area contributed by atoms with Crippen LogP contribution in [-0.4, -0.2) is 10.1 Å². The monoisotopic (exact) mass is 271 g/mol. The number of hydrogen-bond donors (Lipinski definition) is 1. The molecular formula is C12H12F3N3O. The van der Waals surface area contributed by atoms with Crippen molar-refractivity contribution in [2.24, 2.45) is 0 Å². The van der Waals surface area contributed by atoms with Gasteiger partial charge in [0, 0.05) is 5.69 Å². The number of benzene rings is 1. The predicted molar refractivity (Wildman–Crippen MR) is 62.3 cm³/mol. The maximum absolute atomic E-state index is 12.4. The van der Waals surface area contributed by atoms with Gasteiger partial charge in [-0.3, -0.25) is 0 Å². The lowest BCUT2D eigenvalue weighted by atomic mass is 9.84. The molecule has 2 aromatic rings. The SMILES string of the molecule is CC(C)(c1ccc(N)cc1)c1nc(C(F)(F)F)no1. The van der Waals surface area contributed by atoms with Crippen LogP contribution in [0.5, 0.6) is 0 Å². The van der Waals surface area contributed by atoms with Gasteiger partial charge < -0.3 is 10.3 Å². The summed E-state index contributed by atoms with van der Waals surface area (Å²) in [6.07, 6.45) is -4.61. The fourth-order valence-corrected chi connectivity index (χ4v) is 1.62. The van der Waals surface area contributed by atoms with Gasteiger partial charge in [0.05, 0.1) is 5.41 Å². The van der Waals surface area contributed by atoms with Crippen molar-refractivity contribution in [1.29, 1.82) is 0 Å². The van der Waals surface area contributed by atoms with Crippen molar-refractivity contribution < 1.29 is 17.7 Å². The third-order valence-electron chi connectivity index (χ3n) is 2.85. The van der Waals surface area contributed by atoms with E-state index in [0.29, 0.717) is 5.69 Å². The van der Waals surface area contributed by atoms with Crippen LogP contribution in [0, 0.1) is 0 Å². The zero-order valence-electron chi connectivity index (χ0n) is 10.3. The minimum Gasteiger partial charge on any atom is -0.399 e. The summed E-state index contributed by atoms with van der Waals surface area (Å²) in [5, 5.41) is 2.96. The van der Waals surface area contributed by atoms with Crippen molar-refractivity contribution in [3.8, 4) is 0 Å². The van der Waals surface area contributed by atoms with E-state index in [4.69, 9.17) is 10.3 Å². The molecule has 102 valence electrons. The number of anilines is 1. The molecular weight excluding hydrogens is 259 g/mol. The summed E-state index contributed by atoms with van der Waals surface area (Å²) in [5.74, 6) is -1.37. The molecule has 0 atom stereocenters. The van der Waals surface area contributed by atoms with E-state index in [0.717, 1.165) is 5.56 Å². The number of hydrogen-bond acceptors (Lipinski definition) is 4. The van der Waals surface area contributed by atoms with Crippen LogP contribution in [0.1, 0.15) is 31.1 Å². The summed E-state index contributed by atoms with van der Waals surface area (Å²) in [5.41, 5.74) is 6.05. The summed E-state index contributed by atoms with van der Waals surface area (Å²) in [6.45, 7) is 3.40. The van der Waals surface area contributed by atoms with Crippen LogP contribution >= 0.6 is 0 Å². The molecule has 0 bridgehead atoms. The van der Waals surface area contributed by atoms with E-state index in [9.17, 15) is 13.2 Å². The van der Waals surface area contributed by atoms with Crippen LogP contribution in [0.4, 0.5) is 18.9 Å². The van der Waals surface area contributed by atoms with Crippen molar-refractivity contribution in [2.75, 3.05) is 5.73 Å². The van der Waals surface area contributed by atoms with Crippen LogP contribution in [0.2, 0.25) is 0 Å². The van der Waals surface area contributed by atoms with Crippen LogP contribution in [0.15, 0.2) is 28.8 Å². The second-order valence-electron chi connectivity index (χ2n) is 4.67. The van der Waals surface area contributed by atoms with E-state index in [1.807, 2.05) is 0 Å². The van der Waals surface area contributed by atoms with Crippen molar-refractivity contribution >= 4 is 5.69 Å². The lowest BCUT2D eigenvalue weighted by Gasteiger charge is -2.20. The average Bonchev–Trinajstić information content (AvgIpc) is 2.79. The first-order valence-electron chi connectivity index (χ1n) is 5.48. The van der Waals surface area contributed by atoms with Gasteiger partial charge in [0.25, 0.3) is 5.82 Å². The van der Waals surface area contributed by atoms with E-state index in [-0.39, 0.29) is 5.89 Å². The normalized spacial score (nSPS) is 12.7. The standard InChI is InChI=1S/C12H12F3N3O/c1-11(2,7-3-5-8(16)6-4-7)10-17-9(18-19-10)12(13,14)15/h3-6H,16H2,1-2H3. The fraction of sp³-hybridized carbons (Fsp3) is 0.333. The highest BCUT2D eigenvalue weighted by atomic mass is 19.4. The van der Waals surface area contributed by atoms with Gasteiger partial charge in [0.15, 0.2) is 0 Å². The van der Waals surface area contributed by atoms with Gasteiger partial charge in [-0.1, -0.05) is 17.3 Å². The Morgan fingerprint density at radius 2 is 1.68 bits per heavy atom. The second-order valence-corrected chi connectivity index (χ2v) is 4.67. The first-order valence-corrected chi connectivity index (χ1v) is 5.48. The molecule has 0 radical (unpaired) electrons. The second kappa shape index (κ2) is 4.25. The highest BCUT2D eigenvalue weighted by Crippen LogP contribution is 2.33. The molecule has 1 aromatic heterocycles. The largest absolute Gasteiger partial charge is 0.455 e. The number of halogens is 3. The van der Waals surface area contributed by atoms with Gasteiger partial charge in [-0.05, 0) is 31.5 Å². The predicted octanol–water partition coefficient (Wildman–Crippen LogP) is 3.00. The van der Waals surface area contributed by atoms with E-state index < -0.39 is 17.4 Å². The zero-order chi connectivity index (χ0) is 14.3. The Bertz CT molecular complexity index is 573. The first kappa shape index (κ1) is 13.4. The quantitative estimate of drug-likeness (QED) is 0.853. The van der Waals surface area contributed by atoms with Gasteiger partial charge in [-0.2, -0.15) is 18.2 Å². The van der Waals surface area contributed by atoms with Gasteiger partial charge in [0.1, 0.15) is 0 Å². The van der Waals surface area contributed by atoms with Crippen molar-refractivity contribution in [1.82, 2.24) is 10.1 Å². The number of nitrogens with zero attached hydrogens (tertiary/aromatic N) is 2. The molecule has 0 unspecified atom stereocenters. The minimum atomic E-state index is -4.61. The number of alkyl halides is 3. The van der Waals surface area contributed by atoms with Crippen molar-refractivity contribution in [3.05, 3.63) is 41.5 Å². The molecule has 0 saturated heterocycles. The van der Waals surface area contributed by atoms with Crippen LogP contribution < -0.4 is 5.73 Å². The van der Waals surface area contributed by atoms with E-state index in [2.05, 4.69) is 10.1 Å². The van der Waals surface area contributed by atoms with Crippen molar-refractivity contribution in [2.45, 2.75) is 25.4 Å². The highest BCUT2D eigenvalue weighted by Gasteiger charge is 2.40. The lowest BCUT2D eigenvalue weighted by Crippen LogP contribution is -2.20. The number of nitrogen functional groups attached to an aromatic ring is 1. The van der Waals surface area contributed by atoms with Crippen LogP contribution in [0.25, 0.3) is 0 Å². The third kappa shape index (κ3) is 2.54. The lowest BCUT2D eigenvalue weighted by molar-refractivity contribution is -0.146. The van der Waals surface area contributed by atoms with Gasteiger partial charge >= 0.3 is 6.18 Å². The average molecular weight is 271 g/mol. The first-order chi connectivity index (χ1) is 8.71. The number of nitrogens with two attached hydrogens (primary N) is 1. The topological polar surface area (TPSA) is 64.9 Å². The van der Waals surface area contributed by atoms with Gasteiger partial charge in [0.2, 0.25) is 5.89 Å². The molecule has 2 N–H and O–H groups in total. The van der Waals surface area contributed by atoms with E-state index in [1.165, 1.54) is 0 Å². The molecule has 2 rings (SSSR count). The molecule has 0 saturated carbocycles. The summed E-state index contributed by atoms with van der Waals surface area (Å²) in [4.78, 5) is 3.42. The Kier molecular flexibility index (Phi) is 3.00. The molecule has 0 aliphatic rings. The Hall–Kier alpha value is -2.05. The summed E-state index contributed by atoms with van der Waals surface area (Å²) in [7, 11) is 0. The molecule has 0 amide bonds. The van der Waals surface area contributed by atoms with Crippen molar-refractivity contribution in [3.63, 3.8) is 0 Å². The zero-order valence-corrected chi connectivity index (χ0v) is 10.3. The summed E-state index contributed by atoms with van der Waals surface area (Å²) in [6, 6.07) is 6.76. The van der Waals surface area contributed by atoms with Gasteiger partial charge in [-0.25, -0.2) is 0 Å². The molecule has 0 aliphatic carbocycles. The Morgan fingerprint density at radius 3 is 2.16 bits per heavy atom. The van der Waals surface area contributed by atoms with E-state index in [1.54, 1.807) is 38.1 Å². The summed E-state index contributed by atoms with van der Waals surface area (Å²) >= 11 is 0.